The molecule has 137 heavy (non-hydrogen) atoms. The zero-order valence-corrected chi connectivity index (χ0v) is 80.2. The summed E-state index contributed by atoms with van der Waals surface area (Å²) < 4.78 is 5.64. The quantitative estimate of drug-likeness (QED) is 0.0573. The van der Waals surface area contributed by atoms with Crippen LogP contribution in [0.3, 0.4) is 0 Å². The second kappa shape index (κ2) is 45.6. The number of ketones is 8. The number of carbonyl (C=O) groups excluding carboxylic acids is 8. The smallest absolute Gasteiger partial charge is 0.202 e. The van der Waals surface area contributed by atoms with Gasteiger partial charge in [0.15, 0.2) is 46.2 Å². The average molecular weight is 1910 g/mol. The number of rotatable bonds is 22. The van der Waals surface area contributed by atoms with Crippen molar-refractivity contribution in [2.75, 3.05) is 0 Å². The van der Waals surface area contributed by atoms with Gasteiger partial charge in [-0.15, -0.1) is 68.0 Å². The van der Waals surface area contributed by atoms with Crippen molar-refractivity contribution in [3.63, 3.8) is 0 Å². The van der Waals surface area contributed by atoms with Crippen molar-refractivity contribution in [3.8, 4) is 0 Å². The minimum absolute atomic E-state index is 0.00845. The molecule has 0 radical (unpaired) electrons. The van der Waals surface area contributed by atoms with E-state index in [1.165, 1.54) is 55.6 Å². The summed E-state index contributed by atoms with van der Waals surface area (Å²) in [6.07, 6.45) is 15.0. The van der Waals surface area contributed by atoms with E-state index in [0.29, 0.717) is 54.0 Å². The molecule has 22 rings (SSSR count). The molecule has 0 amide bonds. The predicted octanol–water partition coefficient (Wildman–Crippen LogP) is 28.2. The van der Waals surface area contributed by atoms with Crippen LogP contribution in [0.2, 0.25) is 0 Å². The van der Waals surface area contributed by atoms with Gasteiger partial charge in [0, 0.05) is 146 Å². The highest BCUT2D eigenvalue weighted by atomic mass is 32.1. The highest BCUT2D eigenvalue weighted by Gasteiger charge is 2.21. The van der Waals surface area contributed by atoms with Crippen molar-refractivity contribution in [1.82, 2.24) is 34.9 Å². The molecule has 0 N–H and O–H groups in total. The normalized spacial score (nSPS) is 10.8. The van der Waals surface area contributed by atoms with Gasteiger partial charge in [-0.25, -0.2) is 0 Å². The number of fused-ring (bicyclic) bond motifs is 8. The van der Waals surface area contributed by atoms with Crippen LogP contribution in [0.1, 0.15) is 144 Å². The molecule has 0 aliphatic rings. The van der Waals surface area contributed by atoms with Crippen LogP contribution in [0.15, 0.2) is 368 Å². The third-order valence-electron chi connectivity index (χ3n) is 22.4. The fourth-order valence-corrected chi connectivity index (χ4v) is 20.4. The minimum Gasteiger partial charge on any atom is -0.453 e. The van der Waals surface area contributed by atoms with Gasteiger partial charge in [0.25, 0.3) is 0 Å². The summed E-state index contributed by atoms with van der Waals surface area (Å²) in [5.74, 6) is 1.19. The van der Waals surface area contributed by atoms with Gasteiger partial charge in [-0.2, -0.15) is 0 Å². The topological polar surface area (TPSA) is 240 Å². The summed E-state index contributed by atoms with van der Waals surface area (Å²) >= 11 is 8.90. The first-order chi connectivity index (χ1) is 66.8. The van der Waals surface area contributed by atoms with E-state index < -0.39 is 0 Å². The second-order valence-corrected chi connectivity index (χ2v) is 39.0. The Morgan fingerprint density at radius 3 is 0.796 bits per heavy atom. The number of pyridine rings is 7. The van der Waals surface area contributed by atoms with Gasteiger partial charge >= 0.3 is 0 Å². The maximum atomic E-state index is 12.5. The van der Waals surface area contributed by atoms with Crippen LogP contribution in [0.4, 0.5) is 0 Å². The van der Waals surface area contributed by atoms with Gasteiger partial charge in [0.2, 0.25) is 5.78 Å². The molecule has 8 aromatic carbocycles. The van der Waals surface area contributed by atoms with Crippen LogP contribution in [-0.2, 0) is 44.9 Å². The number of furan rings is 1. The number of thiophene rings is 6. The summed E-state index contributed by atoms with van der Waals surface area (Å²) in [4.78, 5) is 137. The van der Waals surface area contributed by atoms with Crippen LogP contribution >= 0.6 is 68.0 Å². The SMILES string of the molecule is CC(=O)c1ccc(C(=O)Cc2cccc3cccnc23)s1.Cc1ccc(C(=O)Cc2cccc3cccnc23)s1.Cc1ccc(C(=O)Cc2cccc3cccnc23)s1.Cc1ccc(C(=O)Cc2cccc3cccnc23)s1.Cc1ccsc1C(=O)Cc1cccc2cccnc12.O=C(Cc1cccc2cccnc12)c1cc2ccccc2o1.O=C(Cc1cccc2cccnc12)c1cccs1. The molecule has 0 bridgehead atoms. The van der Waals surface area contributed by atoms with Crippen molar-refractivity contribution in [3.05, 3.63) is 463 Å². The van der Waals surface area contributed by atoms with E-state index >= 15 is 0 Å². The Bertz CT molecular complexity index is 7760. The zero-order chi connectivity index (χ0) is 95.1. The van der Waals surface area contributed by atoms with E-state index in [4.69, 9.17) is 4.42 Å². The van der Waals surface area contributed by atoms with Crippen LogP contribution in [0, 0.1) is 27.7 Å². The number of aromatic nitrogens is 7. The first-order valence-corrected chi connectivity index (χ1v) is 49.2. The lowest BCUT2D eigenvalue weighted by molar-refractivity contribution is 0.0963. The molecule has 0 spiro atoms. The molecule has 22 heteroatoms. The molecule has 0 atom stereocenters. The van der Waals surface area contributed by atoms with Gasteiger partial charge in [-0.1, -0.05) is 194 Å². The molecular formula is C115H89N7O9S6. The van der Waals surface area contributed by atoms with E-state index in [1.807, 2.05) is 330 Å². The van der Waals surface area contributed by atoms with E-state index in [9.17, 15) is 38.4 Å². The Morgan fingerprint density at radius 1 is 0.241 bits per heavy atom. The zero-order valence-electron chi connectivity index (χ0n) is 75.3. The number of hydrogen-bond donors (Lipinski definition) is 0. The molecule has 16 nitrogen and oxygen atoms in total. The Balaban J connectivity index is 0.000000116. The second-order valence-electron chi connectivity index (χ2n) is 32.2. The lowest BCUT2D eigenvalue weighted by Gasteiger charge is -2.04. The van der Waals surface area contributed by atoms with E-state index in [2.05, 4.69) is 34.9 Å². The fourth-order valence-electron chi connectivity index (χ4n) is 15.6. The first-order valence-electron chi connectivity index (χ1n) is 44.1. The van der Waals surface area contributed by atoms with E-state index in [0.717, 1.165) is 156 Å². The number of para-hydroxylation sites is 8. The van der Waals surface area contributed by atoms with Crippen LogP contribution in [-0.4, -0.2) is 81.2 Å². The summed E-state index contributed by atoms with van der Waals surface area (Å²) in [7, 11) is 0. The molecule has 14 aromatic heterocycles. The Kier molecular flexibility index (Phi) is 31.6. The Morgan fingerprint density at radius 2 is 0.518 bits per heavy atom. The molecule has 0 aliphatic heterocycles. The number of aryl methyl sites for hydroxylation is 4. The number of Topliss-reactive ketones (excluding diaryl/α,β-unsaturated/α-hetero) is 8. The van der Waals surface area contributed by atoms with Gasteiger partial charge in [0.05, 0.1) is 72.8 Å². The Labute approximate surface area is 814 Å². The van der Waals surface area contributed by atoms with Crippen molar-refractivity contribution >= 4 is 202 Å². The average Bonchev–Trinajstić information content (AvgIpc) is 1.64. The predicted molar refractivity (Wildman–Crippen MR) is 560 cm³/mol. The summed E-state index contributed by atoms with van der Waals surface area (Å²) in [5, 5.41) is 12.3. The highest BCUT2D eigenvalue weighted by Crippen LogP contribution is 2.31. The molecule has 0 saturated heterocycles. The van der Waals surface area contributed by atoms with Crippen molar-refractivity contribution in [2.24, 2.45) is 0 Å². The molecular weight excluding hydrogens is 1820 g/mol. The van der Waals surface area contributed by atoms with Crippen LogP contribution in [0.25, 0.3) is 87.3 Å². The van der Waals surface area contributed by atoms with Gasteiger partial charge < -0.3 is 4.42 Å². The summed E-state index contributed by atoms with van der Waals surface area (Å²) in [5.41, 5.74) is 14.9. The third-order valence-corrected chi connectivity index (χ3v) is 28.7. The standard InChI is InChI=1S/C19H13NO2.C17H13NO2S.4C16H13NOS.C15H11NOS/c21-16(18-12-14-5-1-2-9-17(14)22-18)11-15-7-3-6-13-8-4-10-20-19(13)15;1-11(19)15-7-8-16(21-15)14(20)10-13-5-2-4-12-6-3-9-18-17(12)13;3*1-11-7-8-15(19-11)14(18)10-13-5-2-4-12-6-3-9-17-16(12)13;1-11-7-9-19-16(11)14(18)10-13-5-2-4-12-6-3-8-17-15(12)13;17-13(14-7-3-9-18-14)10-12-5-1-4-11-6-2-8-16-15(11)12/h1-10,12H,11H2;2-9H,10H2,1H3;4*2-9H,10H2,1H3;1-9H,10H2. The van der Waals surface area contributed by atoms with Gasteiger partial charge in [-0.3, -0.25) is 73.2 Å². The minimum atomic E-state index is -0.0330. The van der Waals surface area contributed by atoms with Gasteiger partial charge in [0.1, 0.15) is 5.58 Å². The molecule has 0 unspecified atom stereocenters. The molecule has 14 heterocycles. The highest BCUT2D eigenvalue weighted by molar-refractivity contribution is 7.16. The monoisotopic (exact) mass is 1900 g/mol. The molecule has 0 fully saturated rings. The molecule has 22 aromatic rings. The molecule has 0 saturated carbocycles. The maximum Gasteiger partial charge on any atom is 0.202 e. The lowest BCUT2D eigenvalue weighted by atomic mass is 10.0. The first kappa shape index (κ1) is 94.9. The van der Waals surface area contributed by atoms with Crippen LogP contribution < -0.4 is 0 Å². The van der Waals surface area contributed by atoms with E-state index in [1.54, 1.807) is 95.6 Å². The molecule has 0 aliphatic carbocycles. The van der Waals surface area contributed by atoms with Crippen molar-refractivity contribution in [2.45, 2.75) is 79.6 Å². The van der Waals surface area contributed by atoms with E-state index in [-0.39, 0.29) is 52.7 Å². The van der Waals surface area contributed by atoms with Crippen molar-refractivity contribution < 1.29 is 42.8 Å². The summed E-state index contributed by atoms with van der Waals surface area (Å²) in [6, 6.07) is 99.3. The largest absolute Gasteiger partial charge is 0.453 e. The fraction of sp³-hybridized carbons (Fsp3) is 0.104. The van der Waals surface area contributed by atoms with Crippen LogP contribution in [0.5, 0.6) is 0 Å². The Hall–Kier alpha value is -15.3. The molecule has 674 valence electrons. The lowest BCUT2D eigenvalue weighted by Crippen LogP contribution is -2.03. The van der Waals surface area contributed by atoms with Gasteiger partial charge in [-0.05, 0) is 205 Å². The maximum absolute atomic E-state index is 12.5. The number of benzene rings is 8. The number of hydrogen-bond acceptors (Lipinski definition) is 22. The summed E-state index contributed by atoms with van der Waals surface area (Å²) in [6.45, 7) is 9.53. The van der Waals surface area contributed by atoms with Crippen molar-refractivity contribution in [1.29, 1.82) is 0 Å². The number of nitrogens with zero attached hydrogens (tertiary/aromatic N) is 7. The third kappa shape index (κ3) is 24.5. The number of carbonyl (C=O) groups is 8.